The topological polar surface area (TPSA) is 96.3 Å². The molecule has 1 aromatic carbocycles. The molecule has 41 heavy (non-hydrogen) atoms. The van der Waals surface area contributed by atoms with E-state index in [1.807, 2.05) is 21.6 Å². The summed E-state index contributed by atoms with van der Waals surface area (Å²) in [6, 6.07) is 4.83. The number of aromatic nitrogens is 3. The summed E-state index contributed by atoms with van der Waals surface area (Å²) in [6.07, 6.45) is 6.56. The number of rotatable bonds is 10. The van der Waals surface area contributed by atoms with Crippen LogP contribution in [0.15, 0.2) is 43.2 Å². The molecule has 5 rings (SSSR count). The second-order valence-electron chi connectivity index (χ2n) is 9.75. The van der Waals surface area contributed by atoms with Crippen LogP contribution in [0, 0.1) is 11.6 Å². The Morgan fingerprint density at radius 2 is 1.80 bits per heavy atom. The van der Waals surface area contributed by atoms with E-state index < -0.39 is 17.3 Å². The number of pyridine rings is 2. The number of carbonyl (C=O) groups excluding carboxylic acids is 1. The molecule has 4 heterocycles. The average molecular weight is 566 g/mol. The number of piperazine rings is 1. The molecule has 0 aliphatic carbocycles. The van der Waals surface area contributed by atoms with Crippen molar-refractivity contribution < 1.29 is 23.0 Å². The summed E-state index contributed by atoms with van der Waals surface area (Å²) in [5.74, 6) is -1.42. The van der Waals surface area contributed by atoms with Gasteiger partial charge in [-0.2, -0.15) is 0 Å². The molecular formula is C29H33F2N7O3. The lowest BCUT2D eigenvalue weighted by molar-refractivity contribution is -0.127. The average Bonchev–Trinajstić information content (AvgIpc) is 3.44. The summed E-state index contributed by atoms with van der Waals surface area (Å²) in [7, 11) is 4.40. The summed E-state index contributed by atoms with van der Waals surface area (Å²) in [4.78, 5) is 25.2. The Morgan fingerprint density at radius 1 is 1.10 bits per heavy atom. The minimum atomic E-state index is -0.880. The van der Waals surface area contributed by atoms with Gasteiger partial charge in [0.25, 0.3) is 0 Å². The molecule has 1 saturated heterocycles. The first kappa shape index (κ1) is 28.1. The first-order chi connectivity index (χ1) is 19.9. The van der Waals surface area contributed by atoms with Gasteiger partial charge < -0.3 is 25.0 Å². The van der Waals surface area contributed by atoms with Crippen molar-refractivity contribution in [1.82, 2.24) is 24.2 Å². The molecule has 0 radical (unpaired) electrons. The Hall–Kier alpha value is -4.45. The number of amides is 1. The maximum absolute atomic E-state index is 15.2. The molecule has 10 nitrogen and oxygen atoms in total. The van der Waals surface area contributed by atoms with E-state index in [2.05, 4.69) is 27.1 Å². The SMILES string of the molecule is C=CC(=O)N1CCN(CCCc2cn3c(n2)c(Nc2c(F)c(OC)cc(OC)c2F)cc2cnc(NC)cc23)CC1. The van der Waals surface area contributed by atoms with Crippen LogP contribution in [0.4, 0.5) is 26.0 Å². The van der Waals surface area contributed by atoms with Crippen molar-refractivity contribution in [3.63, 3.8) is 0 Å². The summed E-state index contributed by atoms with van der Waals surface area (Å²) in [6.45, 7) is 7.42. The Kier molecular flexibility index (Phi) is 8.20. The van der Waals surface area contributed by atoms with Crippen LogP contribution in [0.3, 0.4) is 0 Å². The summed E-state index contributed by atoms with van der Waals surface area (Å²) < 4.78 is 42.5. The van der Waals surface area contributed by atoms with Crippen molar-refractivity contribution in [3.05, 3.63) is 60.6 Å². The molecule has 0 bridgehead atoms. The first-order valence-corrected chi connectivity index (χ1v) is 13.4. The third-order valence-corrected chi connectivity index (χ3v) is 7.32. The molecule has 216 valence electrons. The monoisotopic (exact) mass is 565 g/mol. The van der Waals surface area contributed by atoms with E-state index >= 15 is 8.78 Å². The Morgan fingerprint density at radius 3 is 2.44 bits per heavy atom. The predicted octanol–water partition coefficient (Wildman–Crippen LogP) is 4.23. The van der Waals surface area contributed by atoms with Gasteiger partial charge in [-0.25, -0.2) is 18.7 Å². The number of anilines is 3. The van der Waals surface area contributed by atoms with Gasteiger partial charge in [0.05, 0.1) is 31.1 Å². The Balaban J connectivity index is 1.44. The molecule has 3 aromatic heterocycles. The standard InChI is InChI=1S/C29H33F2N7O3/c1-5-25(39)37-11-9-36(10-12-37)8-6-7-19-17-38-21-14-24(32-2)33-16-18(21)13-20(29(38)34-19)35-28-26(30)22(40-3)15-23(41-4)27(28)31/h5,13-17,35H,1,6-12H2,2-4H3,(H,32,33). The van der Waals surface area contributed by atoms with Crippen LogP contribution in [-0.2, 0) is 11.2 Å². The molecule has 0 atom stereocenters. The zero-order valence-corrected chi connectivity index (χ0v) is 23.3. The molecule has 12 heteroatoms. The van der Waals surface area contributed by atoms with Crippen molar-refractivity contribution in [1.29, 1.82) is 0 Å². The lowest BCUT2D eigenvalue weighted by Gasteiger charge is -2.34. The van der Waals surface area contributed by atoms with E-state index in [1.54, 1.807) is 19.3 Å². The Labute approximate surface area is 236 Å². The highest BCUT2D eigenvalue weighted by atomic mass is 19.1. The van der Waals surface area contributed by atoms with Crippen LogP contribution >= 0.6 is 0 Å². The molecule has 1 aliphatic heterocycles. The quantitative estimate of drug-likeness (QED) is 0.276. The van der Waals surface area contributed by atoms with Crippen molar-refractivity contribution in [2.24, 2.45) is 0 Å². The van der Waals surface area contributed by atoms with Gasteiger partial charge in [0.1, 0.15) is 11.5 Å². The normalized spacial score (nSPS) is 13.9. The first-order valence-electron chi connectivity index (χ1n) is 13.4. The number of ether oxygens (including phenoxy) is 2. The van der Waals surface area contributed by atoms with Gasteiger partial charge in [-0.1, -0.05) is 6.58 Å². The molecule has 0 spiro atoms. The van der Waals surface area contributed by atoms with Gasteiger partial charge >= 0.3 is 0 Å². The highest BCUT2D eigenvalue weighted by molar-refractivity contribution is 5.91. The minimum Gasteiger partial charge on any atom is -0.493 e. The van der Waals surface area contributed by atoms with Gasteiger partial charge in [0, 0.05) is 63.1 Å². The van der Waals surface area contributed by atoms with Crippen LogP contribution in [0.1, 0.15) is 12.1 Å². The van der Waals surface area contributed by atoms with Gasteiger partial charge in [-0.05, 0) is 31.5 Å². The van der Waals surface area contributed by atoms with Gasteiger partial charge in [-0.3, -0.25) is 14.1 Å². The molecule has 2 N–H and O–H groups in total. The lowest BCUT2D eigenvalue weighted by Crippen LogP contribution is -2.48. The number of nitrogens with one attached hydrogen (secondary N) is 2. The van der Waals surface area contributed by atoms with E-state index in [1.165, 1.54) is 26.4 Å². The maximum atomic E-state index is 15.2. The number of benzene rings is 1. The second-order valence-corrected chi connectivity index (χ2v) is 9.75. The van der Waals surface area contributed by atoms with Gasteiger partial charge in [0.2, 0.25) is 5.91 Å². The number of methoxy groups -OCH3 is 2. The third kappa shape index (κ3) is 5.60. The van der Waals surface area contributed by atoms with E-state index in [0.29, 0.717) is 36.7 Å². The minimum absolute atomic E-state index is 0.0326. The zero-order chi connectivity index (χ0) is 29.1. The number of imidazole rings is 1. The highest BCUT2D eigenvalue weighted by Gasteiger charge is 2.23. The van der Waals surface area contributed by atoms with E-state index in [9.17, 15) is 4.79 Å². The zero-order valence-electron chi connectivity index (χ0n) is 23.3. The van der Waals surface area contributed by atoms with Crippen LogP contribution in [0.5, 0.6) is 11.5 Å². The summed E-state index contributed by atoms with van der Waals surface area (Å²) >= 11 is 0. The molecule has 0 unspecified atom stereocenters. The van der Waals surface area contributed by atoms with Crippen molar-refractivity contribution >= 4 is 39.6 Å². The third-order valence-electron chi connectivity index (χ3n) is 7.32. The highest BCUT2D eigenvalue weighted by Crippen LogP contribution is 2.38. The molecular weight excluding hydrogens is 532 g/mol. The maximum Gasteiger partial charge on any atom is 0.246 e. The fourth-order valence-electron chi connectivity index (χ4n) is 5.08. The smallest absolute Gasteiger partial charge is 0.246 e. The molecule has 1 aliphatic rings. The number of nitrogens with zero attached hydrogens (tertiary/aromatic N) is 5. The number of fused-ring (bicyclic) bond motifs is 3. The number of carbonyl (C=O) groups is 1. The predicted molar refractivity (Wildman–Crippen MR) is 154 cm³/mol. The summed E-state index contributed by atoms with van der Waals surface area (Å²) in [5.41, 5.74) is 2.20. The van der Waals surface area contributed by atoms with E-state index in [4.69, 9.17) is 14.5 Å². The van der Waals surface area contributed by atoms with Crippen molar-refractivity contribution in [3.8, 4) is 11.5 Å². The van der Waals surface area contributed by atoms with Crippen LogP contribution in [-0.4, -0.2) is 84.1 Å². The van der Waals surface area contributed by atoms with Gasteiger partial charge in [-0.15, -0.1) is 0 Å². The fraction of sp³-hybridized carbons (Fsp3) is 0.345. The van der Waals surface area contributed by atoms with E-state index in [-0.39, 0.29) is 17.4 Å². The fourth-order valence-corrected chi connectivity index (χ4v) is 5.08. The largest absolute Gasteiger partial charge is 0.493 e. The molecule has 0 saturated carbocycles. The number of halogens is 2. The van der Waals surface area contributed by atoms with Gasteiger partial charge in [0.15, 0.2) is 28.8 Å². The van der Waals surface area contributed by atoms with Crippen molar-refractivity contribution in [2.75, 3.05) is 64.6 Å². The molecule has 1 amide bonds. The lowest BCUT2D eigenvalue weighted by atomic mass is 10.2. The number of aryl methyl sites for hydroxylation is 1. The Bertz CT molecular complexity index is 1570. The second kappa shape index (κ2) is 12.0. The van der Waals surface area contributed by atoms with Crippen LogP contribution < -0.4 is 20.1 Å². The molecule has 1 fully saturated rings. The van der Waals surface area contributed by atoms with Crippen LogP contribution in [0.25, 0.3) is 16.6 Å². The molecule has 4 aromatic rings. The number of hydrogen-bond donors (Lipinski definition) is 2. The summed E-state index contributed by atoms with van der Waals surface area (Å²) in [5, 5.41) is 6.71. The van der Waals surface area contributed by atoms with E-state index in [0.717, 1.165) is 42.7 Å². The van der Waals surface area contributed by atoms with Crippen LogP contribution in [0.2, 0.25) is 0 Å². The van der Waals surface area contributed by atoms with Crippen molar-refractivity contribution in [2.45, 2.75) is 12.8 Å². The number of hydrogen-bond acceptors (Lipinski definition) is 8.